The number of aromatic carboxylic acids is 1. The molecule has 0 radical (unpaired) electrons. The van der Waals surface area contributed by atoms with Gasteiger partial charge in [-0.05, 0) is 25.6 Å². The van der Waals surface area contributed by atoms with E-state index in [1.165, 1.54) is 17.8 Å². The summed E-state index contributed by atoms with van der Waals surface area (Å²) in [5.74, 6) is -0.828. The van der Waals surface area contributed by atoms with Crippen molar-refractivity contribution in [1.82, 2.24) is 4.90 Å². The third kappa shape index (κ3) is 2.67. The van der Waals surface area contributed by atoms with Crippen LogP contribution in [0.3, 0.4) is 0 Å². The van der Waals surface area contributed by atoms with Crippen LogP contribution in [0.4, 0.5) is 5.69 Å². The maximum absolute atomic E-state index is 10.9. The van der Waals surface area contributed by atoms with Crippen LogP contribution in [-0.4, -0.2) is 48.2 Å². The average molecular weight is 268 g/mol. The highest BCUT2D eigenvalue weighted by molar-refractivity contribution is 7.12. The zero-order valence-corrected chi connectivity index (χ0v) is 11.7. The molecule has 1 atom stereocenters. The lowest BCUT2D eigenvalue weighted by atomic mass is 10.2. The molecule has 0 aromatic carbocycles. The Labute approximate surface area is 112 Å². The molecule has 1 aromatic rings. The number of carboxylic acid groups (broad SMARTS) is 1. The largest absolute Gasteiger partial charge is 0.477 e. The normalized spacial score (nSPS) is 19.7. The standard InChI is InChI=1S/C13H20N2O2S/c1-3-14(4-2)10-5-6-15(8-10)11-7-12(13(16)17)18-9-11/h7,9-10H,3-6,8H2,1-2H3,(H,16,17). The van der Waals surface area contributed by atoms with Gasteiger partial charge in [0.15, 0.2) is 0 Å². The third-order valence-corrected chi connectivity index (χ3v) is 4.56. The summed E-state index contributed by atoms with van der Waals surface area (Å²) in [5.41, 5.74) is 1.06. The molecule has 0 spiro atoms. The van der Waals surface area contributed by atoms with Crippen LogP contribution in [-0.2, 0) is 0 Å². The second-order valence-electron chi connectivity index (χ2n) is 4.58. The number of likely N-dealkylation sites (N-methyl/N-ethyl adjacent to an activating group) is 1. The van der Waals surface area contributed by atoms with Gasteiger partial charge < -0.3 is 10.0 Å². The lowest BCUT2D eigenvalue weighted by Crippen LogP contribution is -2.37. The molecule has 100 valence electrons. The maximum Gasteiger partial charge on any atom is 0.345 e. The highest BCUT2D eigenvalue weighted by atomic mass is 32.1. The molecule has 1 saturated heterocycles. The van der Waals surface area contributed by atoms with Gasteiger partial charge in [-0.25, -0.2) is 4.79 Å². The molecular weight excluding hydrogens is 248 g/mol. The number of nitrogens with zero attached hydrogens (tertiary/aromatic N) is 2. The van der Waals surface area contributed by atoms with E-state index in [2.05, 4.69) is 23.6 Å². The van der Waals surface area contributed by atoms with Gasteiger partial charge in [0.25, 0.3) is 0 Å². The Morgan fingerprint density at radius 3 is 2.83 bits per heavy atom. The molecule has 18 heavy (non-hydrogen) atoms. The van der Waals surface area contributed by atoms with Gasteiger partial charge in [-0.1, -0.05) is 13.8 Å². The molecule has 5 heteroatoms. The van der Waals surface area contributed by atoms with E-state index in [4.69, 9.17) is 5.11 Å². The minimum absolute atomic E-state index is 0.427. The van der Waals surface area contributed by atoms with Crippen molar-refractivity contribution in [2.75, 3.05) is 31.1 Å². The first-order valence-electron chi connectivity index (χ1n) is 6.46. The number of carbonyl (C=O) groups is 1. The number of rotatable bonds is 5. The summed E-state index contributed by atoms with van der Waals surface area (Å²) in [5, 5.41) is 10.9. The van der Waals surface area contributed by atoms with Gasteiger partial charge in [-0.15, -0.1) is 11.3 Å². The van der Waals surface area contributed by atoms with Crippen molar-refractivity contribution >= 4 is 23.0 Å². The lowest BCUT2D eigenvalue weighted by molar-refractivity contribution is 0.0702. The van der Waals surface area contributed by atoms with Gasteiger partial charge in [-0.2, -0.15) is 0 Å². The van der Waals surface area contributed by atoms with Gasteiger partial charge in [0.2, 0.25) is 0 Å². The summed E-state index contributed by atoms with van der Waals surface area (Å²) in [7, 11) is 0. The van der Waals surface area contributed by atoms with E-state index < -0.39 is 5.97 Å². The highest BCUT2D eigenvalue weighted by Gasteiger charge is 2.27. The molecule has 0 bridgehead atoms. The summed E-state index contributed by atoms with van der Waals surface area (Å²) in [6.45, 7) is 8.59. The van der Waals surface area contributed by atoms with Crippen LogP contribution in [0.25, 0.3) is 0 Å². The van der Waals surface area contributed by atoms with Crippen LogP contribution in [0.2, 0.25) is 0 Å². The minimum atomic E-state index is -0.828. The molecule has 2 rings (SSSR count). The van der Waals surface area contributed by atoms with Crippen molar-refractivity contribution in [2.45, 2.75) is 26.3 Å². The Bertz CT molecular complexity index is 415. The summed E-state index contributed by atoms with van der Waals surface area (Å²) < 4.78 is 0. The monoisotopic (exact) mass is 268 g/mol. The van der Waals surface area contributed by atoms with E-state index in [-0.39, 0.29) is 0 Å². The molecule has 1 aliphatic heterocycles. The third-order valence-electron chi connectivity index (χ3n) is 3.65. The molecular formula is C13H20N2O2S. The number of thiophene rings is 1. The number of anilines is 1. The average Bonchev–Trinajstić information content (AvgIpc) is 2.98. The van der Waals surface area contributed by atoms with Crippen LogP contribution in [0.5, 0.6) is 0 Å². The van der Waals surface area contributed by atoms with E-state index in [0.29, 0.717) is 10.9 Å². The smallest absolute Gasteiger partial charge is 0.345 e. The summed E-state index contributed by atoms with van der Waals surface area (Å²) in [6.07, 6.45) is 1.17. The number of hydrogen-bond acceptors (Lipinski definition) is 4. The quantitative estimate of drug-likeness (QED) is 0.890. The fraction of sp³-hybridized carbons (Fsp3) is 0.615. The van der Waals surface area contributed by atoms with Crippen LogP contribution in [0.15, 0.2) is 11.4 Å². The van der Waals surface area contributed by atoms with Gasteiger partial charge in [0.1, 0.15) is 4.88 Å². The topological polar surface area (TPSA) is 43.8 Å². The van der Waals surface area contributed by atoms with Gasteiger partial charge in [0, 0.05) is 30.2 Å². The fourth-order valence-electron chi connectivity index (χ4n) is 2.62. The molecule has 1 N–H and O–H groups in total. The Balaban J connectivity index is 2.01. The van der Waals surface area contributed by atoms with Crippen LogP contribution < -0.4 is 4.90 Å². The van der Waals surface area contributed by atoms with Crippen LogP contribution in [0, 0.1) is 0 Å². The first-order chi connectivity index (χ1) is 8.65. The molecule has 0 saturated carbocycles. The van der Waals surface area contributed by atoms with Gasteiger partial charge >= 0.3 is 5.97 Å². The Morgan fingerprint density at radius 1 is 1.56 bits per heavy atom. The van der Waals surface area contributed by atoms with Crippen molar-refractivity contribution in [3.05, 3.63) is 16.3 Å². The van der Waals surface area contributed by atoms with Gasteiger partial charge in [0.05, 0.1) is 0 Å². The molecule has 2 heterocycles. The first kappa shape index (κ1) is 13.4. The second kappa shape index (κ2) is 5.71. The summed E-state index contributed by atoms with van der Waals surface area (Å²) >= 11 is 1.31. The SMILES string of the molecule is CCN(CC)C1CCN(c2csc(C(=O)O)c2)C1. The molecule has 1 aliphatic rings. The second-order valence-corrected chi connectivity index (χ2v) is 5.50. The van der Waals surface area contributed by atoms with E-state index >= 15 is 0 Å². The van der Waals surface area contributed by atoms with Gasteiger partial charge in [-0.3, -0.25) is 4.90 Å². The zero-order chi connectivity index (χ0) is 13.1. The van der Waals surface area contributed by atoms with Crippen molar-refractivity contribution in [2.24, 2.45) is 0 Å². The van der Waals surface area contributed by atoms with Crippen molar-refractivity contribution < 1.29 is 9.90 Å². The van der Waals surface area contributed by atoms with Crippen LogP contribution >= 0.6 is 11.3 Å². The predicted octanol–water partition coefficient (Wildman–Crippen LogP) is 2.37. The van der Waals surface area contributed by atoms with Crippen molar-refractivity contribution in [3.63, 3.8) is 0 Å². The highest BCUT2D eigenvalue weighted by Crippen LogP contribution is 2.27. The van der Waals surface area contributed by atoms with E-state index in [0.717, 1.165) is 31.9 Å². The van der Waals surface area contributed by atoms with Crippen molar-refractivity contribution in [1.29, 1.82) is 0 Å². The predicted molar refractivity (Wildman–Crippen MR) is 74.8 cm³/mol. The molecule has 1 aromatic heterocycles. The van der Waals surface area contributed by atoms with Crippen molar-refractivity contribution in [3.8, 4) is 0 Å². The zero-order valence-electron chi connectivity index (χ0n) is 10.9. The molecule has 1 unspecified atom stereocenters. The number of carboxylic acids is 1. The molecule has 4 nitrogen and oxygen atoms in total. The van der Waals surface area contributed by atoms with E-state index in [9.17, 15) is 4.79 Å². The summed E-state index contributed by atoms with van der Waals surface area (Å²) in [6, 6.07) is 2.39. The Morgan fingerprint density at radius 2 is 2.28 bits per heavy atom. The fourth-order valence-corrected chi connectivity index (χ4v) is 3.37. The first-order valence-corrected chi connectivity index (χ1v) is 7.34. The molecule has 1 fully saturated rings. The van der Waals surface area contributed by atoms with E-state index in [1.807, 2.05) is 5.38 Å². The summed E-state index contributed by atoms with van der Waals surface area (Å²) in [4.78, 5) is 16.1. The Kier molecular flexibility index (Phi) is 4.24. The number of hydrogen-bond donors (Lipinski definition) is 1. The molecule has 0 aliphatic carbocycles. The van der Waals surface area contributed by atoms with Crippen LogP contribution in [0.1, 0.15) is 29.9 Å². The van der Waals surface area contributed by atoms with E-state index in [1.54, 1.807) is 6.07 Å². The maximum atomic E-state index is 10.9. The minimum Gasteiger partial charge on any atom is -0.477 e. The Hall–Kier alpha value is -1.07. The molecule has 0 amide bonds. The lowest BCUT2D eigenvalue weighted by Gasteiger charge is -2.26.